The number of fused-ring (bicyclic) bond motifs is 1. The lowest BCUT2D eigenvalue weighted by atomic mass is 9.97. The lowest BCUT2D eigenvalue weighted by Crippen LogP contribution is -2.47. The predicted molar refractivity (Wildman–Crippen MR) is 64.8 cm³/mol. The Balaban J connectivity index is 1.89. The van der Waals surface area contributed by atoms with Gasteiger partial charge in [-0.25, -0.2) is 0 Å². The van der Waals surface area contributed by atoms with E-state index in [1.807, 2.05) is 29.2 Å². The fraction of sp³-hybridized carbons (Fsp3) is 0.500. The van der Waals surface area contributed by atoms with Crippen molar-refractivity contribution >= 4 is 5.91 Å². The summed E-state index contributed by atoms with van der Waals surface area (Å²) in [5.74, 6) is 0.0952. The van der Waals surface area contributed by atoms with E-state index in [1.54, 1.807) is 0 Å². The molecule has 1 aromatic rings. The lowest BCUT2D eigenvalue weighted by molar-refractivity contribution is 0.0438. The van der Waals surface area contributed by atoms with Gasteiger partial charge in [0.15, 0.2) is 0 Å². The molecule has 0 unspecified atom stereocenters. The number of hydrogen-bond donors (Lipinski definition) is 1. The quantitative estimate of drug-likeness (QED) is 0.797. The van der Waals surface area contributed by atoms with Crippen LogP contribution in [0.25, 0.3) is 0 Å². The van der Waals surface area contributed by atoms with E-state index in [4.69, 9.17) is 0 Å². The van der Waals surface area contributed by atoms with Gasteiger partial charge in [-0.3, -0.25) is 4.79 Å². The molecule has 1 amide bonds. The molecule has 3 nitrogen and oxygen atoms in total. The minimum atomic E-state index is -0.329. The standard InChI is InChI=1S/C14H17NO2/c16-13-7-3-6-12(13)15-9-8-10-4-1-2-5-11(10)14(15)17/h1-2,4-5,12-13,16H,3,6-9H2/t12-,13-/m0/s1. The summed E-state index contributed by atoms with van der Waals surface area (Å²) in [6.45, 7) is 0.748. The first-order chi connectivity index (χ1) is 8.27. The van der Waals surface area contributed by atoms with E-state index in [0.717, 1.165) is 43.4 Å². The molecule has 17 heavy (non-hydrogen) atoms. The van der Waals surface area contributed by atoms with E-state index in [0.29, 0.717) is 0 Å². The summed E-state index contributed by atoms with van der Waals surface area (Å²) in [5.41, 5.74) is 1.96. The molecule has 1 aliphatic carbocycles. The Kier molecular flexibility index (Phi) is 2.63. The van der Waals surface area contributed by atoms with Crippen LogP contribution >= 0.6 is 0 Å². The van der Waals surface area contributed by atoms with Gasteiger partial charge in [0.1, 0.15) is 0 Å². The fourth-order valence-electron chi connectivity index (χ4n) is 3.04. The van der Waals surface area contributed by atoms with E-state index < -0.39 is 0 Å². The largest absolute Gasteiger partial charge is 0.391 e. The third-order valence-electron chi connectivity index (χ3n) is 3.97. The van der Waals surface area contributed by atoms with Crippen LogP contribution in [0, 0.1) is 0 Å². The first-order valence-electron chi connectivity index (χ1n) is 6.34. The van der Waals surface area contributed by atoms with E-state index >= 15 is 0 Å². The van der Waals surface area contributed by atoms with Gasteiger partial charge in [0.2, 0.25) is 0 Å². The highest BCUT2D eigenvalue weighted by atomic mass is 16.3. The van der Waals surface area contributed by atoms with E-state index in [9.17, 15) is 9.90 Å². The maximum absolute atomic E-state index is 12.4. The number of carbonyl (C=O) groups is 1. The van der Waals surface area contributed by atoms with Gasteiger partial charge in [0.25, 0.3) is 5.91 Å². The Morgan fingerprint density at radius 1 is 1.24 bits per heavy atom. The van der Waals surface area contributed by atoms with Crippen molar-refractivity contribution in [2.24, 2.45) is 0 Å². The van der Waals surface area contributed by atoms with Crippen LogP contribution in [0.15, 0.2) is 24.3 Å². The van der Waals surface area contributed by atoms with Gasteiger partial charge in [0.05, 0.1) is 12.1 Å². The molecular formula is C14H17NO2. The molecule has 3 rings (SSSR count). The van der Waals surface area contributed by atoms with Crippen molar-refractivity contribution in [2.75, 3.05) is 6.54 Å². The van der Waals surface area contributed by atoms with Gasteiger partial charge in [-0.2, -0.15) is 0 Å². The third kappa shape index (κ3) is 1.75. The molecular weight excluding hydrogens is 214 g/mol. The van der Waals surface area contributed by atoms with Crippen molar-refractivity contribution in [3.63, 3.8) is 0 Å². The smallest absolute Gasteiger partial charge is 0.254 e. The van der Waals surface area contributed by atoms with Gasteiger partial charge in [-0.15, -0.1) is 0 Å². The highest BCUT2D eigenvalue weighted by Gasteiger charge is 2.36. The van der Waals surface area contributed by atoms with Gasteiger partial charge >= 0.3 is 0 Å². The Morgan fingerprint density at radius 2 is 2.06 bits per heavy atom. The Hall–Kier alpha value is -1.35. The number of benzene rings is 1. The van der Waals surface area contributed by atoms with Crippen LogP contribution in [0.1, 0.15) is 35.2 Å². The molecule has 1 aliphatic heterocycles. The molecule has 1 N–H and O–H groups in total. The Labute approximate surface area is 101 Å². The molecule has 1 saturated carbocycles. The normalized spacial score (nSPS) is 28.3. The second-order valence-corrected chi connectivity index (χ2v) is 4.97. The van der Waals surface area contributed by atoms with Crippen LogP contribution in [0.4, 0.5) is 0 Å². The number of aliphatic hydroxyl groups is 1. The topological polar surface area (TPSA) is 40.5 Å². The Morgan fingerprint density at radius 3 is 2.82 bits per heavy atom. The van der Waals surface area contributed by atoms with E-state index in [-0.39, 0.29) is 18.1 Å². The second-order valence-electron chi connectivity index (χ2n) is 4.97. The number of nitrogens with zero attached hydrogens (tertiary/aromatic N) is 1. The molecule has 0 saturated heterocycles. The number of amides is 1. The number of aliphatic hydroxyl groups excluding tert-OH is 1. The first kappa shape index (κ1) is 10.8. The zero-order valence-electron chi connectivity index (χ0n) is 9.80. The van der Waals surface area contributed by atoms with Gasteiger partial charge in [-0.1, -0.05) is 18.2 Å². The summed E-state index contributed by atoms with van der Waals surface area (Å²) < 4.78 is 0. The summed E-state index contributed by atoms with van der Waals surface area (Å²) in [7, 11) is 0. The highest BCUT2D eigenvalue weighted by Crippen LogP contribution is 2.28. The first-order valence-corrected chi connectivity index (χ1v) is 6.34. The molecule has 1 heterocycles. The summed E-state index contributed by atoms with van der Waals surface area (Å²) >= 11 is 0. The van der Waals surface area contributed by atoms with Gasteiger partial charge in [0, 0.05) is 12.1 Å². The molecule has 3 heteroatoms. The maximum atomic E-state index is 12.4. The molecule has 0 spiro atoms. The molecule has 0 aromatic heterocycles. The lowest BCUT2D eigenvalue weighted by Gasteiger charge is -2.35. The zero-order valence-corrected chi connectivity index (χ0v) is 9.80. The molecule has 90 valence electrons. The summed E-state index contributed by atoms with van der Waals surface area (Å²) in [6.07, 6.45) is 3.37. The van der Waals surface area contributed by atoms with Crippen LogP contribution in [0.3, 0.4) is 0 Å². The van der Waals surface area contributed by atoms with Crippen molar-refractivity contribution in [3.05, 3.63) is 35.4 Å². The zero-order chi connectivity index (χ0) is 11.8. The summed E-state index contributed by atoms with van der Waals surface area (Å²) in [6, 6.07) is 7.84. The van der Waals surface area contributed by atoms with Crippen molar-refractivity contribution in [3.8, 4) is 0 Å². The Bertz CT molecular complexity index is 444. The van der Waals surface area contributed by atoms with Crippen LogP contribution in [0.5, 0.6) is 0 Å². The fourth-order valence-corrected chi connectivity index (χ4v) is 3.04. The van der Waals surface area contributed by atoms with E-state index in [2.05, 4.69) is 0 Å². The average Bonchev–Trinajstić information content (AvgIpc) is 2.76. The van der Waals surface area contributed by atoms with Crippen LogP contribution in [-0.2, 0) is 6.42 Å². The molecule has 0 radical (unpaired) electrons. The minimum Gasteiger partial charge on any atom is -0.391 e. The van der Waals surface area contributed by atoms with Gasteiger partial charge in [-0.05, 0) is 37.3 Å². The van der Waals surface area contributed by atoms with Crippen molar-refractivity contribution in [2.45, 2.75) is 37.8 Å². The van der Waals surface area contributed by atoms with Crippen molar-refractivity contribution < 1.29 is 9.90 Å². The summed E-state index contributed by atoms with van der Waals surface area (Å²) in [5, 5.41) is 9.91. The van der Waals surface area contributed by atoms with Crippen LogP contribution < -0.4 is 0 Å². The maximum Gasteiger partial charge on any atom is 0.254 e. The third-order valence-corrected chi connectivity index (χ3v) is 3.97. The van der Waals surface area contributed by atoms with E-state index in [1.165, 1.54) is 0 Å². The minimum absolute atomic E-state index is 0.0378. The molecule has 2 atom stereocenters. The SMILES string of the molecule is O=C1c2ccccc2CCN1[C@H]1CCC[C@@H]1O. The van der Waals surface area contributed by atoms with Gasteiger partial charge < -0.3 is 10.0 Å². The molecule has 1 aromatic carbocycles. The number of hydrogen-bond acceptors (Lipinski definition) is 2. The van der Waals surface area contributed by atoms with Crippen LogP contribution in [0.2, 0.25) is 0 Å². The average molecular weight is 231 g/mol. The summed E-state index contributed by atoms with van der Waals surface area (Å²) in [4.78, 5) is 14.2. The van der Waals surface area contributed by atoms with Crippen molar-refractivity contribution in [1.29, 1.82) is 0 Å². The number of carbonyl (C=O) groups excluding carboxylic acids is 1. The molecule has 1 fully saturated rings. The molecule has 0 bridgehead atoms. The molecule has 2 aliphatic rings. The van der Waals surface area contributed by atoms with Crippen molar-refractivity contribution in [1.82, 2.24) is 4.90 Å². The highest BCUT2D eigenvalue weighted by molar-refractivity contribution is 5.97. The second kappa shape index (κ2) is 4.15. The predicted octanol–water partition coefficient (Wildman–Crippen LogP) is 1.60. The number of rotatable bonds is 1. The monoisotopic (exact) mass is 231 g/mol. The van der Waals surface area contributed by atoms with Crippen LogP contribution in [-0.4, -0.2) is 34.6 Å².